The van der Waals surface area contributed by atoms with Gasteiger partial charge in [0.25, 0.3) is 0 Å². The number of hydrogen-bond donors (Lipinski definition) is 1. The molecule has 1 aliphatic rings. The summed E-state index contributed by atoms with van der Waals surface area (Å²) in [6, 6.07) is 4.56. The molecule has 1 N–H and O–H groups in total. The van der Waals surface area contributed by atoms with Gasteiger partial charge in [0.1, 0.15) is 0 Å². The van der Waals surface area contributed by atoms with E-state index in [9.17, 15) is 22.0 Å². The van der Waals surface area contributed by atoms with Crippen molar-refractivity contribution in [1.82, 2.24) is 0 Å². The highest BCUT2D eigenvalue weighted by Crippen LogP contribution is 2.42. The number of benzene rings is 1. The number of halogens is 5. The molecule has 0 radical (unpaired) electrons. The standard InChI is InChI=1S/C11H7F5N2O2/c12-10(13,14)6(4-17)5-18-7-1-2-8-9(3-7)20-11(15,16)19-8/h1-3,6,18H,5H2. The van der Waals surface area contributed by atoms with Crippen molar-refractivity contribution in [1.29, 1.82) is 5.26 Å². The Morgan fingerprint density at radius 3 is 2.50 bits per heavy atom. The van der Waals surface area contributed by atoms with Crippen molar-refractivity contribution in [3.8, 4) is 17.6 Å². The highest BCUT2D eigenvalue weighted by Gasteiger charge is 2.43. The number of nitrogens with one attached hydrogen (secondary N) is 1. The van der Waals surface area contributed by atoms with Crippen LogP contribution in [-0.4, -0.2) is 19.0 Å². The third-order valence-electron chi connectivity index (χ3n) is 2.46. The molecule has 0 aromatic heterocycles. The van der Waals surface area contributed by atoms with Gasteiger partial charge < -0.3 is 14.8 Å². The Labute approximate surface area is 109 Å². The van der Waals surface area contributed by atoms with E-state index in [0.717, 1.165) is 18.2 Å². The molecule has 1 aliphatic heterocycles. The van der Waals surface area contributed by atoms with Crippen LogP contribution in [0.25, 0.3) is 0 Å². The second-order valence-corrected chi connectivity index (χ2v) is 3.93. The number of anilines is 1. The fourth-order valence-electron chi connectivity index (χ4n) is 1.51. The zero-order chi connectivity index (χ0) is 15.0. The van der Waals surface area contributed by atoms with Gasteiger partial charge in [0.15, 0.2) is 17.4 Å². The van der Waals surface area contributed by atoms with E-state index in [1.807, 2.05) is 0 Å². The van der Waals surface area contributed by atoms with Crippen LogP contribution in [0.5, 0.6) is 11.5 Å². The Morgan fingerprint density at radius 2 is 1.90 bits per heavy atom. The van der Waals surface area contributed by atoms with Gasteiger partial charge in [0.2, 0.25) is 0 Å². The lowest BCUT2D eigenvalue weighted by atomic mass is 10.1. The maximum atomic E-state index is 12.7. The zero-order valence-corrected chi connectivity index (χ0v) is 9.67. The molecule has 20 heavy (non-hydrogen) atoms. The predicted octanol–water partition coefficient (Wildman–Crippen LogP) is 3.12. The van der Waals surface area contributed by atoms with Crippen LogP contribution in [0.2, 0.25) is 0 Å². The maximum Gasteiger partial charge on any atom is 0.586 e. The molecule has 0 bridgehead atoms. The number of hydrogen-bond acceptors (Lipinski definition) is 4. The van der Waals surface area contributed by atoms with Gasteiger partial charge in [-0.2, -0.15) is 18.4 Å². The van der Waals surface area contributed by atoms with Gasteiger partial charge in [-0.3, -0.25) is 0 Å². The normalized spacial score (nSPS) is 17.4. The molecule has 1 heterocycles. The number of nitrogens with zero attached hydrogens (tertiary/aromatic N) is 1. The first-order valence-corrected chi connectivity index (χ1v) is 5.31. The fraction of sp³-hybridized carbons (Fsp3) is 0.364. The first kappa shape index (κ1) is 14.2. The molecule has 1 aromatic carbocycles. The van der Waals surface area contributed by atoms with E-state index in [-0.39, 0.29) is 17.2 Å². The minimum atomic E-state index is -4.66. The largest absolute Gasteiger partial charge is 0.586 e. The Kier molecular flexibility index (Phi) is 3.33. The monoisotopic (exact) mass is 294 g/mol. The smallest absolute Gasteiger partial charge is 0.395 e. The van der Waals surface area contributed by atoms with E-state index < -0.39 is 24.9 Å². The molecule has 1 aromatic rings. The van der Waals surface area contributed by atoms with E-state index >= 15 is 0 Å². The molecule has 9 heteroatoms. The van der Waals surface area contributed by atoms with E-state index in [0.29, 0.717) is 0 Å². The quantitative estimate of drug-likeness (QED) is 0.870. The van der Waals surface area contributed by atoms with Crippen molar-refractivity contribution in [3.05, 3.63) is 18.2 Å². The van der Waals surface area contributed by atoms with E-state index in [1.54, 1.807) is 0 Å². The highest BCUT2D eigenvalue weighted by atomic mass is 19.4. The fourth-order valence-corrected chi connectivity index (χ4v) is 1.51. The van der Waals surface area contributed by atoms with Gasteiger partial charge in [-0.25, -0.2) is 0 Å². The van der Waals surface area contributed by atoms with E-state index in [4.69, 9.17) is 5.26 Å². The Morgan fingerprint density at radius 1 is 1.25 bits per heavy atom. The van der Waals surface area contributed by atoms with Crippen molar-refractivity contribution < 1.29 is 31.4 Å². The summed E-state index contributed by atoms with van der Waals surface area (Å²) in [5.74, 6) is -2.71. The van der Waals surface area contributed by atoms with Gasteiger partial charge in [-0.05, 0) is 12.1 Å². The molecule has 1 atom stereocenters. The van der Waals surface area contributed by atoms with E-state index in [1.165, 1.54) is 6.07 Å². The first-order valence-electron chi connectivity index (χ1n) is 5.31. The minimum Gasteiger partial charge on any atom is -0.395 e. The number of ether oxygens (including phenoxy) is 2. The van der Waals surface area contributed by atoms with Gasteiger partial charge in [-0.15, -0.1) is 8.78 Å². The summed E-state index contributed by atoms with van der Waals surface area (Å²) in [5, 5.41) is 10.7. The Hall–Kier alpha value is -2.24. The predicted molar refractivity (Wildman–Crippen MR) is 56.3 cm³/mol. The molecular formula is C11H7F5N2O2. The zero-order valence-electron chi connectivity index (χ0n) is 9.67. The number of alkyl halides is 5. The van der Waals surface area contributed by atoms with Crippen molar-refractivity contribution in [2.45, 2.75) is 12.5 Å². The number of rotatable bonds is 3. The topological polar surface area (TPSA) is 54.3 Å². The molecule has 0 saturated carbocycles. The Balaban J connectivity index is 2.05. The average Bonchev–Trinajstić information content (AvgIpc) is 2.61. The summed E-state index contributed by atoms with van der Waals surface area (Å²) in [6.07, 6.45) is -8.45. The molecule has 0 amide bonds. The highest BCUT2D eigenvalue weighted by molar-refractivity contribution is 5.56. The van der Waals surface area contributed by atoms with Crippen LogP contribution in [0.3, 0.4) is 0 Å². The lowest BCUT2D eigenvalue weighted by Crippen LogP contribution is -2.28. The summed E-state index contributed by atoms with van der Waals surface area (Å²) >= 11 is 0. The van der Waals surface area contributed by atoms with Crippen molar-refractivity contribution in [2.75, 3.05) is 11.9 Å². The summed E-state index contributed by atoms with van der Waals surface area (Å²) < 4.78 is 70.8. The molecule has 108 valence electrons. The summed E-state index contributed by atoms with van der Waals surface area (Å²) in [7, 11) is 0. The lowest BCUT2D eigenvalue weighted by Gasteiger charge is -2.14. The van der Waals surface area contributed by atoms with Crippen LogP contribution in [0.4, 0.5) is 27.6 Å². The third-order valence-corrected chi connectivity index (χ3v) is 2.46. The Bertz CT molecular complexity index is 553. The van der Waals surface area contributed by atoms with Crippen LogP contribution < -0.4 is 14.8 Å². The van der Waals surface area contributed by atoms with E-state index in [2.05, 4.69) is 14.8 Å². The van der Waals surface area contributed by atoms with Crippen LogP contribution in [-0.2, 0) is 0 Å². The van der Waals surface area contributed by atoms with Crippen molar-refractivity contribution in [2.24, 2.45) is 5.92 Å². The summed E-state index contributed by atoms with van der Waals surface area (Å²) in [4.78, 5) is 0. The molecule has 0 saturated heterocycles. The maximum absolute atomic E-state index is 12.7. The minimum absolute atomic E-state index is 0.106. The van der Waals surface area contributed by atoms with Gasteiger partial charge in [-0.1, -0.05) is 0 Å². The molecule has 1 unspecified atom stereocenters. The second-order valence-electron chi connectivity index (χ2n) is 3.93. The second kappa shape index (κ2) is 4.70. The number of fused-ring (bicyclic) bond motifs is 1. The average molecular weight is 294 g/mol. The number of nitriles is 1. The third kappa shape index (κ3) is 3.01. The van der Waals surface area contributed by atoms with Crippen molar-refractivity contribution >= 4 is 5.69 Å². The summed E-state index contributed by atoms with van der Waals surface area (Å²) in [5.41, 5.74) is 0.106. The molecule has 0 fully saturated rings. The molecule has 4 nitrogen and oxygen atoms in total. The van der Waals surface area contributed by atoms with Gasteiger partial charge in [0.05, 0.1) is 6.07 Å². The lowest BCUT2D eigenvalue weighted by molar-refractivity contribution is -0.286. The molecule has 2 rings (SSSR count). The van der Waals surface area contributed by atoms with Crippen LogP contribution in [0, 0.1) is 17.2 Å². The van der Waals surface area contributed by atoms with Crippen LogP contribution in [0.15, 0.2) is 18.2 Å². The summed E-state index contributed by atoms with van der Waals surface area (Å²) in [6.45, 7) is -0.698. The van der Waals surface area contributed by atoms with Crippen LogP contribution in [0.1, 0.15) is 0 Å². The molecule has 0 aliphatic carbocycles. The van der Waals surface area contributed by atoms with Crippen molar-refractivity contribution in [3.63, 3.8) is 0 Å². The van der Waals surface area contributed by atoms with Gasteiger partial charge >= 0.3 is 12.5 Å². The van der Waals surface area contributed by atoms with Crippen LogP contribution >= 0.6 is 0 Å². The molecular weight excluding hydrogens is 287 g/mol. The molecule has 0 spiro atoms. The first-order chi connectivity index (χ1) is 9.21. The SMILES string of the molecule is N#CC(CNc1ccc2c(c1)OC(F)(F)O2)C(F)(F)F. The van der Waals surface area contributed by atoms with Gasteiger partial charge in [0, 0.05) is 18.3 Å².